The van der Waals surface area contributed by atoms with Gasteiger partial charge in [0.05, 0.1) is 13.2 Å². The van der Waals surface area contributed by atoms with Gasteiger partial charge in [0.15, 0.2) is 0 Å². The van der Waals surface area contributed by atoms with Crippen LogP contribution in [0.4, 0.5) is 0 Å². The number of hydrogen-bond donors (Lipinski definition) is 2. The molecule has 8 nitrogen and oxygen atoms in total. The number of carbonyl (C=O) groups is 4. The minimum atomic E-state index is -1.12. The summed E-state index contributed by atoms with van der Waals surface area (Å²) in [4.78, 5) is 49.7. The highest BCUT2D eigenvalue weighted by molar-refractivity contribution is 5.95. The van der Waals surface area contributed by atoms with Crippen molar-refractivity contribution in [1.29, 1.82) is 0 Å². The lowest BCUT2D eigenvalue weighted by atomic mass is 10.0. The number of likely N-dealkylation sites (tertiary alicyclic amines) is 1. The highest BCUT2D eigenvalue weighted by Crippen LogP contribution is 2.12. The van der Waals surface area contributed by atoms with E-state index < -0.39 is 5.54 Å². The zero-order chi connectivity index (χ0) is 15.6. The number of carbonyl (C=O) groups excluding carboxylic acids is 4. The topological polar surface area (TPSA) is 98.8 Å². The molecule has 2 aliphatic rings. The highest BCUT2D eigenvalue weighted by Gasteiger charge is 2.37. The maximum atomic E-state index is 12.3. The minimum absolute atomic E-state index is 0.00272. The molecule has 0 bridgehead atoms. The summed E-state index contributed by atoms with van der Waals surface area (Å²) in [6.45, 7) is 3.87. The Balaban J connectivity index is 1.90. The Kier molecular flexibility index (Phi) is 4.15. The van der Waals surface area contributed by atoms with Gasteiger partial charge in [0.1, 0.15) is 12.1 Å². The molecule has 8 heteroatoms. The number of hydrogen-bond acceptors (Lipinski definition) is 4. The highest BCUT2D eigenvalue weighted by atomic mass is 16.2. The van der Waals surface area contributed by atoms with Crippen molar-refractivity contribution in [2.75, 3.05) is 26.3 Å². The fourth-order valence-electron chi connectivity index (χ4n) is 2.49. The second-order valence-corrected chi connectivity index (χ2v) is 5.85. The van der Waals surface area contributed by atoms with E-state index in [-0.39, 0.29) is 43.4 Å². The summed E-state index contributed by atoms with van der Waals surface area (Å²) in [6.07, 6.45) is 1.23. The Bertz CT molecular complexity index is 489. The predicted molar refractivity (Wildman–Crippen MR) is 72.8 cm³/mol. The zero-order valence-electron chi connectivity index (χ0n) is 12.3. The number of rotatable bonds is 4. The van der Waals surface area contributed by atoms with E-state index in [9.17, 15) is 19.2 Å². The average Bonchev–Trinajstić information content (AvgIpc) is 2.97. The van der Waals surface area contributed by atoms with Crippen LogP contribution in [-0.4, -0.2) is 65.3 Å². The van der Waals surface area contributed by atoms with Gasteiger partial charge in [0.2, 0.25) is 23.6 Å². The molecule has 0 radical (unpaired) electrons. The van der Waals surface area contributed by atoms with Gasteiger partial charge in [-0.15, -0.1) is 0 Å². The first-order chi connectivity index (χ1) is 9.79. The molecule has 2 rings (SSSR count). The Morgan fingerprint density at radius 2 is 2.05 bits per heavy atom. The standard InChI is InChI=1S/C13H20N4O4/c1-13(2,12(21)17-6-9(18)14-8-17)15-10(19)7-16-5-3-4-11(16)20/h3-8H2,1-2H3,(H,14,18)(H,15,19). The lowest BCUT2D eigenvalue weighted by molar-refractivity contribution is -0.141. The van der Waals surface area contributed by atoms with Crippen LogP contribution in [-0.2, 0) is 19.2 Å². The van der Waals surface area contributed by atoms with E-state index in [1.807, 2.05) is 0 Å². The third-order valence-electron chi connectivity index (χ3n) is 3.58. The second kappa shape index (κ2) is 5.71. The third kappa shape index (κ3) is 3.50. The van der Waals surface area contributed by atoms with Crippen LogP contribution in [0.25, 0.3) is 0 Å². The van der Waals surface area contributed by atoms with E-state index in [0.717, 1.165) is 6.42 Å². The summed E-state index contributed by atoms with van der Waals surface area (Å²) in [5.41, 5.74) is -1.12. The largest absolute Gasteiger partial charge is 0.341 e. The molecule has 2 saturated heterocycles. The summed E-state index contributed by atoms with van der Waals surface area (Å²) in [7, 11) is 0. The molecule has 0 aromatic heterocycles. The molecule has 2 fully saturated rings. The van der Waals surface area contributed by atoms with E-state index >= 15 is 0 Å². The molecule has 2 aliphatic heterocycles. The molecule has 0 saturated carbocycles. The molecule has 2 N–H and O–H groups in total. The third-order valence-corrected chi connectivity index (χ3v) is 3.58. The number of amides is 4. The quantitative estimate of drug-likeness (QED) is 0.654. The maximum Gasteiger partial charge on any atom is 0.249 e. The van der Waals surface area contributed by atoms with Crippen LogP contribution in [0, 0.1) is 0 Å². The monoisotopic (exact) mass is 296 g/mol. The fraction of sp³-hybridized carbons (Fsp3) is 0.692. The molecule has 0 aliphatic carbocycles. The SMILES string of the molecule is CC(C)(NC(=O)CN1CCCC1=O)C(=O)N1CNC(=O)C1. The summed E-state index contributed by atoms with van der Waals surface area (Å²) < 4.78 is 0. The van der Waals surface area contributed by atoms with Crippen molar-refractivity contribution in [1.82, 2.24) is 20.4 Å². The van der Waals surface area contributed by atoms with Gasteiger partial charge in [-0.25, -0.2) is 0 Å². The lowest BCUT2D eigenvalue weighted by Gasteiger charge is -2.29. The molecular weight excluding hydrogens is 276 g/mol. The van der Waals surface area contributed by atoms with Crippen LogP contribution >= 0.6 is 0 Å². The van der Waals surface area contributed by atoms with E-state index in [0.29, 0.717) is 13.0 Å². The zero-order valence-corrected chi connectivity index (χ0v) is 12.3. The van der Waals surface area contributed by atoms with Gasteiger partial charge in [-0.3, -0.25) is 19.2 Å². The molecule has 0 spiro atoms. The van der Waals surface area contributed by atoms with Crippen molar-refractivity contribution in [3.8, 4) is 0 Å². The predicted octanol–water partition coefficient (Wildman–Crippen LogP) is -1.58. The first-order valence-electron chi connectivity index (χ1n) is 6.94. The van der Waals surface area contributed by atoms with E-state index in [4.69, 9.17) is 0 Å². The molecule has 0 aromatic carbocycles. The van der Waals surface area contributed by atoms with Crippen molar-refractivity contribution >= 4 is 23.6 Å². The minimum Gasteiger partial charge on any atom is -0.341 e. The fourth-order valence-corrected chi connectivity index (χ4v) is 2.49. The Labute approximate surface area is 122 Å². The van der Waals surface area contributed by atoms with Crippen LogP contribution in [0.1, 0.15) is 26.7 Å². The van der Waals surface area contributed by atoms with E-state index in [2.05, 4.69) is 10.6 Å². The van der Waals surface area contributed by atoms with Gasteiger partial charge in [-0.1, -0.05) is 0 Å². The van der Waals surface area contributed by atoms with E-state index in [1.54, 1.807) is 13.8 Å². The lowest BCUT2D eigenvalue weighted by Crippen LogP contribution is -2.57. The smallest absolute Gasteiger partial charge is 0.249 e. The molecular formula is C13H20N4O4. The summed E-state index contributed by atoms with van der Waals surface area (Å²) in [5.74, 6) is -0.958. The molecule has 0 aromatic rings. The Morgan fingerprint density at radius 1 is 1.33 bits per heavy atom. The summed E-state index contributed by atoms with van der Waals surface area (Å²) in [5, 5.41) is 5.17. The van der Waals surface area contributed by atoms with Crippen molar-refractivity contribution in [2.45, 2.75) is 32.2 Å². The van der Waals surface area contributed by atoms with Gasteiger partial charge < -0.3 is 20.4 Å². The summed E-state index contributed by atoms with van der Waals surface area (Å²) >= 11 is 0. The van der Waals surface area contributed by atoms with Gasteiger partial charge in [-0.05, 0) is 20.3 Å². The normalized spacial score (nSPS) is 19.0. The van der Waals surface area contributed by atoms with Crippen molar-refractivity contribution in [3.05, 3.63) is 0 Å². The van der Waals surface area contributed by atoms with Gasteiger partial charge >= 0.3 is 0 Å². The Morgan fingerprint density at radius 3 is 2.57 bits per heavy atom. The van der Waals surface area contributed by atoms with Crippen LogP contribution in [0.5, 0.6) is 0 Å². The summed E-state index contributed by atoms with van der Waals surface area (Å²) in [6, 6.07) is 0. The van der Waals surface area contributed by atoms with Crippen LogP contribution in [0.15, 0.2) is 0 Å². The van der Waals surface area contributed by atoms with Crippen LogP contribution < -0.4 is 10.6 Å². The molecule has 116 valence electrons. The number of nitrogens with one attached hydrogen (secondary N) is 2. The molecule has 2 heterocycles. The van der Waals surface area contributed by atoms with Crippen molar-refractivity contribution < 1.29 is 19.2 Å². The molecule has 0 atom stereocenters. The van der Waals surface area contributed by atoms with Gasteiger partial charge in [-0.2, -0.15) is 0 Å². The molecule has 0 unspecified atom stereocenters. The first-order valence-corrected chi connectivity index (χ1v) is 6.94. The first kappa shape index (κ1) is 15.3. The second-order valence-electron chi connectivity index (χ2n) is 5.85. The van der Waals surface area contributed by atoms with Gasteiger partial charge in [0, 0.05) is 13.0 Å². The maximum absolute atomic E-state index is 12.3. The number of nitrogens with zero attached hydrogens (tertiary/aromatic N) is 2. The van der Waals surface area contributed by atoms with Crippen LogP contribution in [0.2, 0.25) is 0 Å². The molecule has 21 heavy (non-hydrogen) atoms. The van der Waals surface area contributed by atoms with Crippen LogP contribution in [0.3, 0.4) is 0 Å². The van der Waals surface area contributed by atoms with Crippen molar-refractivity contribution in [2.24, 2.45) is 0 Å². The van der Waals surface area contributed by atoms with E-state index in [1.165, 1.54) is 9.80 Å². The van der Waals surface area contributed by atoms with Gasteiger partial charge in [0.25, 0.3) is 0 Å². The average molecular weight is 296 g/mol. The van der Waals surface area contributed by atoms with Crippen molar-refractivity contribution in [3.63, 3.8) is 0 Å². The molecule has 4 amide bonds. The Hall–Kier alpha value is -2.12.